The molecule has 0 atom stereocenters. The molecule has 0 N–H and O–H groups in total. The molecule has 0 spiro atoms. The van der Waals surface area contributed by atoms with E-state index < -0.39 is 0 Å². The SMILES string of the molecule is CCCCCCOc1csc(-c2c(OCCCCCC)csc2-c2sccc2OCCCCCC)c1. The largest absolute Gasteiger partial charge is 0.493 e. The first-order valence-corrected chi connectivity index (χ1v) is 16.6. The zero-order valence-corrected chi connectivity index (χ0v) is 24.9. The molecule has 0 aromatic carbocycles. The van der Waals surface area contributed by atoms with Gasteiger partial charge in [-0.05, 0) is 36.8 Å². The molecule has 36 heavy (non-hydrogen) atoms. The molecule has 3 heterocycles. The smallest absolute Gasteiger partial charge is 0.139 e. The molecule has 3 aromatic heterocycles. The minimum atomic E-state index is 0.764. The van der Waals surface area contributed by atoms with Crippen LogP contribution in [0.2, 0.25) is 0 Å². The van der Waals surface area contributed by atoms with Crippen LogP contribution in [0.25, 0.3) is 20.2 Å². The summed E-state index contributed by atoms with van der Waals surface area (Å²) in [5.74, 6) is 2.96. The van der Waals surface area contributed by atoms with Gasteiger partial charge in [-0.25, -0.2) is 0 Å². The second-order valence-corrected chi connectivity index (χ2v) is 12.0. The molecule has 3 nitrogen and oxygen atoms in total. The molecule has 0 aliphatic carbocycles. The molecule has 0 aliphatic rings. The number of unbranched alkanes of at least 4 members (excludes halogenated alkanes) is 9. The molecule has 0 aliphatic heterocycles. The Morgan fingerprint density at radius 3 is 1.83 bits per heavy atom. The van der Waals surface area contributed by atoms with Gasteiger partial charge in [-0.15, -0.1) is 34.0 Å². The highest BCUT2D eigenvalue weighted by molar-refractivity contribution is 7.22. The Hall–Kier alpha value is -1.50. The van der Waals surface area contributed by atoms with Crippen LogP contribution in [-0.2, 0) is 0 Å². The number of rotatable bonds is 20. The normalized spacial score (nSPS) is 11.2. The van der Waals surface area contributed by atoms with Gasteiger partial charge in [-0.2, -0.15) is 0 Å². The van der Waals surface area contributed by atoms with Crippen molar-refractivity contribution < 1.29 is 14.2 Å². The predicted molar refractivity (Wildman–Crippen MR) is 160 cm³/mol. The number of thiophene rings is 3. The summed E-state index contributed by atoms with van der Waals surface area (Å²) < 4.78 is 18.7. The zero-order valence-electron chi connectivity index (χ0n) is 22.4. The Labute approximate surface area is 230 Å². The molecule has 0 saturated heterocycles. The van der Waals surface area contributed by atoms with Gasteiger partial charge in [0.05, 0.1) is 35.1 Å². The van der Waals surface area contributed by atoms with E-state index in [0.717, 1.165) is 56.3 Å². The predicted octanol–water partition coefficient (Wildman–Crippen LogP) is 11.1. The van der Waals surface area contributed by atoms with Gasteiger partial charge in [0.15, 0.2) is 0 Å². The monoisotopic (exact) mass is 548 g/mol. The molecule has 0 amide bonds. The molecule has 6 heteroatoms. The van der Waals surface area contributed by atoms with Crippen molar-refractivity contribution >= 4 is 34.0 Å². The fourth-order valence-corrected chi connectivity index (χ4v) is 7.06. The minimum absolute atomic E-state index is 0.764. The second kappa shape index (κ2) is 17.1. The number of hydrogen-bond donors (Lipinski definition) is 0. The highest BCUT2D eigenvalue weighted by atomic mass is 32.1. The van der Waals surface area contributed by atoms with Crippen molar-refractivity contribution in [3.63, 3.8) is 0 Å². The lowest BCUT2D eigenvalue weighted by molar-refractivity contribution is 0.306. The third-order valence-electron chi connectivity index (χ3n) is 6.19. The van der Waals surface area contributed by atoms with Gasteiger partial charge in [-0.1, -0.05) is 78.6 Å². The highest BCUT2D eigenvalue weighted by Crippen LogP contribution is 2.51. The van der Waals surface area contributed by atoms with Crippen molar-refractivity contribution in [1.29, 1.82) is 0 Å². The maximum Gasteiger partial charge on any atom is 0.139 e. The maximum atomic E-state index is 6.36. The second-order valence-electron chi connectivity index (χ2n) is 9.29. The molecule has 0 fully saturated rings. The van der Waals surface area contributed by atoms with Gasteiger partial charge < -0.3 is 14.2 Å². The maximum absolute atomic E-state index is 6.36. The molecular formula is C30H44O3S3. The number of hydrogen-bond acceptors (Lipinski definition) is 6. The quantitative estimate of drug-likeness (QED) is 0.131. The van der Waals surface area contributed by atoms with Crippen molar-refractivity contribution in [3.8, 4) is 37.4 Å². The summed E-state index contributed by atoms with van der Waals surface area (Å²) >= 11 is 5.27. The summed E-state index contributed by atoms with van der Waals surface area (Å²) in [4.78, 5) is 3.66. The van der Waals surface area contributed by atoms with Crippen LogP contribution >= 0.6 is 34.0 Å². The molecule has 0 unspecified atom stereocenters. The fourth-order valence-electron chi connectivity index (χ4n) is 4.09. The Bertz CT molecular complexity index is 972. The molecule has 200 valence electrons. The van der Waals surface area contributed by atoms with Crippen LogP contribution in [0.1, 0.15) is 97.8 Å². The molecule has 3 aromatic rings. The van der Waals surface area contributed by atoms with Crippen LogP contribution in [-0.4, -0.2) is 19.8 Å². The van der Waals surface area contributed by atoms with Crippen molar-refractivity contribution in [2.75, 3.05) is 19.8 Å². The summed E-state index contributed by atoms with van der Waals surface area (Å²) in [6.07, 6.45) is 14.6. The lowest BCUT2D eigenvalue weighted by atomic mass is 10.1. The van der Waals surface area contributed by atoms with E-state index in [0.29, 0.717) is 0 Å². The molecule has 0 radical (unpaired) electrons. The van der Waals surface area contributed by atoms with E-state index in [-0.39, 0.29) is 0 Å². The average Bonchev–Trinajstić information content (AvgIpc) is 3.63. The summed E-state index contributed by atoms with van der Waals surface area (Å²) in [5.41, 5.74) is 1.19. The van der Waals surface area contributed by atoms with Gasteiger partial charge in [0.1, 0.15) is 17.2 Å². The first-order valence-electron chi connectivity index (χ1n) is 13.9. The standard InChI is InChI=1S/C30H44O3S3/c1-4-7-10-13-17-31-24-21-27(35-22-24)28-26(33-19-15-12-9-6-3)23-36-30(28)29-25(16-20-34-29)32-18-14-11-8-5-2/h16,20-23H,4-15,17-19H2,1-3H3. The Balaban J connectivity index is 1.76. The summed E-state index contributed by atoms with van der Waals surface area (Å²) in [6.45, 7) is 9.06. The topological polar surface area (TPSA) is 27.7 Å². The van der Waals surface area contributed by atoms with E-state index in [1.54, 1.807) is 34.0 Å². The molecular weight excluding hydrogens is 505 g/mol. The van der Waals surface area contributed by atoms with E-state index in [4.69, 9.17) is 14.2 Å². The van der Waals surface area contributed by atoms with E-state index >= 15 is 0 Å². The molecule has 0 saturated carbocycles. The number of ether oxygens (including phenoxy) is 3. The Morgan fingerprint density at radius 1 is 0.583 bits per heavy atom. The van der Waals surface area contributed by atoms with Crippen molar-refractivity contribution in [3.05, 3.63) is 28.3 Å². The minimum Gasteiger partial charge on any atom is -0.493 e. The molecule has 0 bridgehead atoms. The summed E-state index contributed by atoms with van der Waals surface area (Å²) in [6, 6.07) is 4.31. The van der Waals surface area contributed by atoms with E-state index in [1.807, 2.05) is 0 Å². The van der Waals surface area contributed by atoms with Crippen LogP contribution in [0, 0.1) is 0 Å². The van der Waals surface area contributed by atoms with Crippen molar-refractivity contribution in [2.24, 2.45) is 0 Å². The van der Waals surface area contributed by atoms with Gasteiger partial charge in [0.2, 0.25) is 0 Å². The first-order chi connectivity index (χ1) is 17.8. The Morgan fingerprint density at radius 2 is 1.19 bits per heavy atom. The Kier molecular flexibility index (Phi) is 13.8. The van der Waals surface area contributed by atoms with Crippen molar-refractivity contribution in [1.82, 2.24) is 0 Å². The lowest BCUT2D eigenvalue weighted by Crippen LogP contribution is -1.98. The summed E-state index contributed by atoms with van der Waals surface area (Å²) in [7, 11) is 0. The van der Waals surface area contributed by atoms with E-state index in [2.05, 4.69) is 49.0 Å². The first kappa shape index (κ1) is 29.1. The lowest BCUT2D eigenvalue weighted by Gasteiger charge is -2.10. The molecule has 3 rings (SSSR count). The van der Waals surface area contributed by atoms with Crippen LogP contribution < -0.4 is 14.2 Å². The van der Waals surface area contributed by atoms with Crippen LogP contribution in [0.15, 0.2) is 28.3 Å². The third kappa shape index (κ3) is 9.11. The highest BCUT2D eigenvalue weighted by Gasteiger charge is 2.22. The zero-order chi connectivity index (χ0) is 25.4. The van der Waals surface area contributed by atoms with Crippen molar-refractivity contribution in [2.45, 2.75) is 97.8 Å². The van der Waals surface area contributed by atoms with E-state index in [9.17, 15) is 0 Å². The van der Waals surface area contributed by atoms with Gasteiger partial charge >= 0.3 is 0 Å². The average molecular weight is 549 g/mol. The van der Waals surface area contributed by atoms with Gasteiger partial charge in [-0.3, -0.25) is 0 Å². The summed E-state index contributed by atoms with van der Waals surface area (Å²) in [5, 5.41) is 6.46. The van der Waals surface area contributed by atoms with Crippen LogP contribution in [0.3, 0.4) is 0 Å². The van der Waals surface area contributed by atoms with Gasteiger partial charge in [0.25, 0.3) is 0 Å². The van der Waals surface area contributed by atoms with Crippen LogP contribution in [0.5, 0.6) is 17.2 Å². The van der Waals surface area contributed by atoms with Crippen LogP contribution in [0.4, 0.5) is 0 Å². The third-order valence-corrected chi connectivity index (χ3v) is 9.14. The van der Waals surface area contributed by atoms with Gasteiger partial charge in [0, 0.05) is 15.6 Å². The van der Waals surface area contributed by atoms with E-state index in [1.165, 1.54) is 78.0 Å². The fraction of sp³-hybridized carbons (Fsp3) is 0.600.